The van der Waals surface area contributed by atoms with E-state index in [2.05, 4.69) is 14.8 Å². The van der Waals surface area contributed by atoms with Gasteiger partial charge in [-0.15, -0.1) is 0 Å². The molecule has 0 saturated heterocycles. The highest BCUT2D eigenvalue weighted by Crippen LogP contribution is 2.15. The Morgan fingerprint density at radius 3 is 2.50 bits per heavy atom. The van der Waals surface area contributed by atoms with Crippen LogP contribution in [0.5, 0.6) is 5.75 Å². The Hall–Kier alpha value is -2.37. The summed E-state index contributed by atoms with van der Waals surface area (Å²) in [5.41, 5.74) is 0.502. The van der Waals surface area contributed by atoms with Gasteiger partial charge in [-0.05, 0) is 31.2 Å². The van der Waals surface area contributed by atoms with E-state index in [0.29, 0.717) is 17.9 Å². The fourth-order valence-electron chi connectivity index (χ4n) is 1.22. The fraction of sp³-hybridized carbons (Fsp3) is 0.250. The molecule has 0 fully saturated rings. The molecule has 0 aliphatic rings. The zero-order valence-corrected chi connectivity index (χ0v) is 9.84. The normalized spacial score (nSPS) is 9.39. The van der Waals surface area contributed by atoms with Gasteiger partial charge in [0.05, 0.1) is 6.61 Å². The summed E-state index contributed by atoms with van der Waals surface area (Å²) < 4.78 is 9.24. The second kappa shape index (κ2) is 7.05. The maximum Gasteiger partial charge on any atom is 0.315 e. The van der Waals surface area contributed by atoms with Crippen molar-refractivity contribution in [2.75, 3.05) is 11.9 Å². The van der Waals surface area contributed by atoms with Crippen LogP contribution < -0.4 is 10.1 Å². The molecule has 0 aromatic heterocycles. The van der Waals surface area contributed by atoms with Gasteiger partial charge in [0, 0.05) is 5.69 Å². The summed E-state index contributed by atoms with van der Waals surface area (Å²) in [5, 5.41) is 2.52. The standard InChI is InChI=1S/C12H13NO5/c1-2-17-12(16)7-11(15)13-9-3-5-10(6-4-9)18-8-14/h3-6,8H,2,7H2,1H3,(H,13,15). The Bertz CT molecular complexity index is 427. The average molecular weight is 251 g/mol. The quantitative estimate of drug-likeness (QED) is 0.465. The second-order valence-corrected chi connectivity index (χ2v) is 3.27. The summed E-state index contributed by atoms with van der Waals surface area (Å²) in [7, 11) is 0. The Morgan fingerprint density at radius 1 is 1.28 bits per heavy atom. The molecule has 18 heavy (non-hydrogen) atoms. The maximum absolute atomic E-state index is 11.4. The van der Waals surface area contributed by atoms with E-state index in [1.54, 1.807) is 19.1 Å². The summed E-state index contributed by atoms with van der Waals surface area (Å²) in [6.45, 7) is 2.22. The molecule has 96 valence electrons. The predicted octanol–water partition coefficient (Wildman–Crippen LogP) is 1.11. The van der Waals surface area contributed by atoms with Crippen molar-refractivity contribution in [2.24, 2.45) is 0 Å². The molecule has 1 N–H and O–H groups in total. The first-order chi connectivity index (χ1) is 8.65. The van der Waals surface area contributed by atoms with Crippen molar-refractivity contribution in [3.05, 3.63) is 24.3 Å². The summed E-state index contributed by atoms with van der Waals surface area (Å²) in [6.07, 6.45) is -0.333. The van der Waals surface area contributed by atoms with Gasteiger partial charge in [-0.2, -0.15) is 0 Å². The van der Waals surface area contributed by atoms with E-state index >= 15 is 0 Å². The van der Waals surface area contributed by atoms with Gasteiger partial charge in [0.2, 0.25) is 5.91 Å². The SMILES string of the molecule is CCOC(=O)CC(=O)Nc1ccc(OC=O)cc1. The number of hydrogen-bond acceptors (Lipinski definition) is 5. The Morgan fingerprint density at radius 2 is 1.94 bits per heavy atom. The van der Waals surface area contributed by atoms with Crippen LogP contribution in [0.1, 0.15) is 13.3 Å². The van der Waals surface area contributed by atoms with Crippen LogP contribution >= 0.6 is 0 Å². The number of nitrogens with one attached hydrogen (secondary N) is 1. The lowest BCUT2D eigenvalue weighted by Gasteiger charge is -2.05. The lowest BCUT2D eigenvalue weighted by atomic mass is 10.3. The third-order valence-corrected chi connectivity index (χ3v) is 1.93. The lowest BCUT2D eigenvalue weighted by Crippen LogP contribution is -2.18. The topological polar surface area (TPSA) is 81.7 Å². The number of carbonyl (C=O) groups excluding carboxylic acids is 3. The van der Waals surface area contributed by atoms with E-state index in [-0.39, 0.29) is 13.0 Å². The molecule has 0 heterocycles. The summed E-state index contributed by atoms with van der Waals surface area (Å²) in [6, 6.07) is 6.16. The molecule has 1 aromatic carbocycles. The van der Waals surface area contributed by atoms with Gasteiger partial charge in [0.1, 0.15) is 12.2 Å². The van der Waals surface area contributed by atoms with Crippen LogP contribution in [0.25, 0.3) is 0 Å². The first kappa shape index (κ1) is 13.7. The molecule has 0 atom stereocenters. The number of ether oxygens (including phenoxy) is 2. The van der Waals surface area contributed by atoms with E-state index < -0.39 is 11.9 Å². The molecule has 1 aromatic rings. The highest BCUT2D eigenvalue weighted by atomic mass is 16.5. The van der Waals surface area contributed by atoms with Crippen LogP contribution in [-0.2, 0) is 19.1 Å². The monoisotopic (exact) mass is 251 g/mol. The van der Waals surface area contributed by atoms with Crippen LogP contribution in [0.3, 0.4) is 0 Å². The van der Waals surface area contributed by atoms with Crippen LogP contribution in [0, 0.1) is 0 Å². The van der Waals surface area contributed by atoms with Gasteiger partial charge < -0.3 is 14.8 Å². The molecule has 1 rings (SSSR count). The Kier molecular flexibility index (Phi) is 5.37. The van der Waals surface area contributed by atoms with Gasteiger partial charge in [-0.3, -0.25) is 14.4 Å². The molecule has 0 aliphatic heterocycles. The third-order valence-electron chi connectivity index (χ3n) is 1.93. The first-order valence-electron chi connectivity index (χ1n) is 5.31. The molecule has 0 unspecified atom stereocenters. The summed E-state index contributed by atoms with van der Waals surface area (Å²) >= 11 is 0. The molecule has 6 nitrogen and oxygen atoms in total. The minimum atomic E-state index is -0.573. The smallest absolute Gasteiger partial charge is 0.315 e. The molecule has 0 bridgehead atoms. The molecule has 1 amide bonds. The molecule has 0 radical (unpaired) electrons. The highest BCUT2D eigenvalue weighted by Gasteiger charge is 2.10. The minimum Gasteiger partial charge on any atom is -0.466 e. The molecule has 0 aliphatic carbocycles. The van der Waals surface area contributed by atoms with Gasteiger partial charge in [-0.1, -0.05) is 0 Å². The molecule has 0 saturated carbocycles. The van der Waals surface area contributed by atoms with Crippen LogP contribution in [-0.4, -0.2) is 25.0 Å². The highest BCUT2D eigenvalue weighted by molar-refractivity contribution is 6.01. The number of anilines is 1. The lowest BCUT2D eigenvalue weighted by molar-refractivity contribution is -0.145. The summed E-state index contributed by atoms with van der Waals surface area (Å²) in [5.74, 6) is -0.665. The number of rotatable bonds is 6. The second-order valence-electron chi connectivity index (χ2n) is 3.27. The van der Waals surface area contributed by atoms with Crippen LogP contribution in [0.15, 0.2) is 24.3 Å². The van der Waals surface area contributed by atoms with Crippen LogP contribution in [0.4, 0.5) is 5.69 Å². The van der Waals surface area contributed by atoms with E-state index in [4.69, 9.17) is 0 Å². The predicted molar refractivity (Wildman–Crippen MR) is 63.0 cm³/mol. The van der Waals surface area contributed by atoms with Crippen molar-refractivity contribution in [1.29, 1.82) is 0 Å². The minimum absolute atomic E-state index is 0.240. The fourth-order valence-corrected chi connectivity index (χ4v) is 1.22. The molecular formula is C12H13NO5. The number of hydrogen-bond donors (Lipinski definition) is 1. The molecule has 6 heteroatoms. The van der Waals surface area contributed by atoms with E-state index in [1.807, 2.05) is 0 Å². The van der Waals surface area contributed by atoms with Crippen molar-refractivity contribution in [3.63, 3.8) is 0 Å². The number of carbonyl (C=O) groups is 3. The zero-order valence-electron chi connectivity index (χ0n) is 9.84. The number of esters is 1. The van der Waals surface area contributed by atoms with Gasteiger partial charge >= 0.3 is 5.97 Å². The zero-order chi connectivity index (χ0) is 13.4. The van der Waals surface area contributed by atoms with E-state index in [1.165, 1.54) is 12.1 Å². The first-order valence-corrected chi connectivity index (χ1v) is 5.31. The Balaban J connectivity index is 2.49. The van der Waals surface area contributed by atoms with Gasteiger partial charge in [0.25, 0.3) is 6.47 Å². The van der Waals surface area contributed by atoms with Crippen molar-refractivity contribution >= 4 is 24.0 Å². The van der Waals surface area contributed by atoms with Crippen LogP contribution in [0.2, 0.25) is 0 Å². The van der Waals surface area contributed by atoms with Gasteiger partial charge in [0.15, 0.2) is 0 Å². The summed E-state index contributed by atoms with van der Waals surface area (Å²) in [4.78, 5) is 32.5. The van der Waals surface area contributed by atoms with Crippen molar-refractivity contribution < 1.29 is 23.9 Å². The van der Waals surface area contributed by atoms with E-state index in [9.17, 15) is 14.4 Å². The van der Waals surface area contributed by atoms with Crippen molar-refractivity contribution in [3.8, 4) is 5.75 Å². The third kappa shape index (κ3) is 4.65. The largest absolute Gasteiger partial charge is 0.466 e. The number of benzene rings is 1. The maximum atomic E-state index is 11.4. The van der Waals surface area contributed by atoms with E-state index in [0.717, 1.165) is 0 Å². The average Bonchev–Trinajstić information content (AvgIpc) is 2.32. The Labute approximate surface area is 104 Å². The molecular weight excluding hydrogens is 238 g/mol. The molecule has 0 spiro atoms. The number of amides is 1. The van der Waals surface area contributed by atoms with Crippen molar-refractivity contribution in [2.45, 2.75) is 13.3 Å². The van der Waals surface area contributed by atoms with Gasteiger partial charge in [-0.25, -0.2) is 0 Å². The van der Waals surface area contributed by atoms with Crippen molar-refractivity contribution in [1.82, 2.24) is 0 Å².